The van der Waals surface area contributed by atoms with E-state index in [1.807, 2.05) is 43.3 Å². The summed E-state index contributed by atoms with van der Waals surface area (Å²) in [6, 6.07) is 22.6. The van der Waals surface area contributed by atoms with E-state index in [0.29, 0.717) is 22.7 Å². The average molecular weight is 512 g/mol. The number of hydrogen-bond acceptors (Lipinski definition) is 7. The van der Waals surface area contributed by atoms with E-state index >= 15 is 0 Å². The fourth-order valence-electron chi connectivity index (χ4n) is 3.65. The quantitative estimate of drug-likeness (QED) is 0.124. The van der Waals surface area contributed by atoms with Gasteiger partial charge in [0.15, 0.2) is 11.5 Å². The summed E-state index contributed by atoms with van der Waals surface area (Å²) in [7, 11) is 2.97. The molecule has 2 N–H and O–H groups in total. The molecule has 0 aliphatic carbocycles. The van der Waals surface area contributed by atoms with Gasteiger partial charge in [0.1, 0.15) is 5.75 Å². The van der Waals surface area contributed by atoms with Gasteiger partial charge in [0.05, 0.1) is 26.0 Å². The Hall–Kier alpha value is -5.18. The van der Waals surface area contributed by atoms with Crippen LogP contribution >= 0.6 is 0 Å². The topological polar surface area (TPSA) is 115 Å². The third-order valence-electron chi connectivity index (χ3n) is 5.63. The minimum atomic E-state index is -0.953. The van der Waals surface area contributed by atoms with E-state index in [4.69, 9.17) is 14.2 Å². The van der Waals surface area contributed by atoms with Gasteiger partial charge in [-0.05, 0) is 54.1 Å². The monoisotopic (exact) mass is 511 g/mol. The second-order valence-corrected chi connectivity index (χ2v) is 8.18. The zero-order valence-electron chi connectivity index (χ0n) is 21.0. The van der Waals surface area contributed by atoms with Crippen LogP contribution < -0.4 is 25.0 Å². The highest BCUT2D eigenvalue weighted by atomic mass is 16.5. The molecule has 192 valence electrons. The van der Waals surface area contributed by atoms with Gasteiger partial charge in [0.2, 0.25) is 0 Å². The van der Waals surface area contributed by atoms with Gasteiger partial charge < -0.3 is 19.5 Å². The molecular formula is C29H25N3O6. The Morgan fingerprint density at radius 1 is 0.789 bits per heavy atom. The van der Waals surface area contributed by atoms with Crippen molar-refractivity contribution in [3.8, 4) is 17.2 Å². The smallest absolute Gasteiger partial charge is 0.343 e. The molecule has 0 heterocycles. The first kappa shape index (κ1) is 25.9. The summed E-state index contributed by atoms with van der Waals surface area (Å²) in [5.74, 6) is -1.38. The van der Waals surface area contributed by atoms with Crippen LogP contribution in [0.5, 0.6) is 17.2 Å². The molecule has 0 aromatic heterocycles. The Morgan fingerprint density at radius 3 is 2.24 bits per heavy atom. The first-order chi connectivity index (χ1) is 18.4. The number of methoxy groups -OCH3 is 2. The molecule has 0 aliphatic heterocycles. The number of nitrogens with one attached hydrogen (secondary N) is 2. The fourth-order valence-corrected chi connectivity index (χ4v) is 3.65. The van der Waals surface area contributed by atoms with Gasteiger partial charge in [-0.2, -0.15) is 5.10 Å². The number of hydrazone groups is 1. The Bertz CT molecular complexity index is 1530. The van der Waals surface area contributed by atoms with Crippen LogP contribution in [0.3, 0.4) is 0 Å². The molecule has 0 bridgehead atoms. The highest BCUT2D eigenvalue weighted by Crippen LogP contribution is 2.30. The summed E-state index contributed by atoms with van der Waals surface area (Å²) < 4.78 is 16.2. The number of hydrogen-bond donors (Lipinski definition) is 2. The Balaban J connectivity index is 1.55. The first-order valence-electron chi connectivity index (χ1n) is 11.6. The van der Waals surface area contributed by atoms with Crippen molar-refractivity contribution < 1.29 is 28.6 Å². The standard InChI is InChI=1S/C29H25N3O6/c1-18-8-12-21(13-9-18)31-27(33)28(34)32-30-17-23-22-7-5-4-6-19(22)10-14-24(23)38-29(35)20-11-15-25(36-2)26(16-20)37-3/h4-17H,1-3H3,(H,31,33)(H,32,34). The molecule has 0 spiro atoms. The summed E-state index contributed by atoms with van der Waals surface area (Å²) in [4.78, 5) is 37.5. The number of esters is 1. The number of carbonyl (C=O) groups excluding carboxylic acids is 3. The third kappa shape index (κ3) is 5.96. The van der Waals surface area contributed by atoms with Crippen molar-refractivity contribution in [2.45, 2.75) is 6.92 Å². The second kappa shape index (κ2) is 11.7. The molecule has 4 aromatic carbocycles. The number of benzene rings is 4. The molecule has 38 heavy (non-hydrogen) atoms. The van der Waals surface area contributed by atoms with E-state index in [1.54, 1.807) is 36.4 Å². The Morgan fingerprint density at radius 2 is 1.50 bits per heavy atom. The molecule has 0 radical (unpaired) electrons. The molecule has 0 saturated carbocycles. The Kier molecular flexibility index (Phi) is 7.98. The second-order valence-electron chi connectivity index (χ2n) is 8.18. The predicted octanol–water partition coefficient (Wildman–Crippen LogP) is 4.47. The van der Waals surface area contributed by atoms with Crippen molar-refractivity contribution in [3.63, 3.8) is 0 Å². The molecule has 9 heteroatoms. The van der Waals surface area contributed by atoms with Crippen LogP contribution in [0.1, 0.15) is 21.5 Å². The van der Waals surface area contributed by atoms with Crippen molar-refractivity contribution >= 4 is 40.5 Å². The van der Waals surface area contributed by atoms with E-state index in [0.717, 1.165) is 16.3 Å². The lowest BCUT2D eigenvalue weighted by Gasteiger charge is -2.12. The first-order valence-corrected chi connectivity index (χ1v) is 11.6. The van der Waals surface area contributed by atoms with Gasteiger partial charge in [-0.15, -0.1) is 0 Å². The van der Waals surface area contributed by atoms with Gasteiger partial charge in [-0.1, -0.05) is 48.0 Å². The number of amides is 2. The minimum Gasteiger partial charge on any atom is -0.493 e. The molecule has 0 aliphatic rings. The largest absolute Gasteiger partial charge is 0.493 e. The van der Waals surface area contributed by atoms with Gasteiger partial charge in [-0.3, -0.25) is 9.59 Å². The summed E-state index contributed by atoms with van der Waals surface area (Å²) in [5.41, 5.74) is 4.41. The lowest BCUT2D eigenvalue weighted by molar-refractivity contribution is -0.136. The number of ether oxygens (including phenoxy) is 3. The van der Waals surface area contributed by atoms with Crippen molar-refractivity contribution in [2.75, 3.05) is 19.5 Å². The number of fused-ring (bicyclic) bond motifs is 1. The average Bonchev–Trinajstić information content (AvgIpc) is 2.94. The van der Waals surface area contributed by atoms with E-state index in [-0.39, 0.29) is 11.3 Å². The number of rotatable bonds is 7. The molecule has 2 amide bonds. The van der Waals surface area contributed by atoms with E-state index < -0.39 is 17.8 Å². The number of nitrogens with zero attached hydrogens (tertiary/aromatic N) is 1. The lowest BCUT2D eigenvalue weighted by Crippen LogP contribution is -2.32. The van der Waals surface area contributed by atoms with Crippen LogP contribution in [0.4, 0.5) is 5.69 Å². The van der Waals surface area contributed by atoms with Crippen molar-refractivity contribution in [1.82, 2.24) is 5.43 Å². The number of carbonyl (C=O) groups is 3. The number of aryl methyl sites for hydroxylation is 1. The van der Waals surface area contributed by atoms with Crippen LogP contribution in [0.25, 0.3) is 10.8 Å². The van der Waals surface area contributed by atoms with Gasteiger partial charge in [-0.25, -0.2) is 10.2 Å². The van der Waals surface area contributed by atoms with Crippen LogP contribution in [0.15, 0.2) is 84.0 Å². The highest BCUT2D eigenvalue weighted by Gasteiger charge is 2.17. The summed E-state index contributed by atoms with van der Waals surface area (Å²) in [6.07, 6.45) is 1.33. The van der Waals surface area contributed by atoms with Crippen LogP contribution in [-0.2, 0) is 9.59 Å². The molecule has 0 atom stereocenters. The molecule has 0 fully saturated rings. The minimum absolute atomic E-state index is 0.214. The van der Waals surface area contributed by atoms with Crippen molar-refractivity contribution in [1.29, 1.82) is 0 Å². The van der Waals surface area contributed by atoms with Crippen LogP contribution in [-0.4, -0.2) is 38.2 Å². The van der Waals surface area contributed by atoms with E-state index in [1.165, 1.54) is 26.5 Å². The SMILES string of the molecule is COc1ccc(C(=O)Oc2ccc3ccccc3c2C=NNC(=O)C(=O)Nc2ccc(C)cc2)cc1OC. The summed E-state index contributed by atoms with van der Waals surface area (Å²) in [5, 5.41) is 8.05. The lowest BCUT2D eigenvalue weighted by atomic mass is 10.0. The van der Waals surface area contributed by atoms with Crippen molar-refractivity contribution in [3.05, 3.63) is 95.6 Å². The predicted molar refractivity (Wildman–Crippen MR) is 144 cm³/mol. The van der Waals surface area contributed by atoms with Crippen molar-refractivity contribution in [2.24, 2.45) is 5.10 Å². The maximum Gasteiger partial charge on any atom is 0.343 e. The maximum atomic E-state index is 13.0. The molecule has 0 saturated heterocycles. The van der Waals surface area contributed by atoms with Gasteiger partial charge in [0, 0.05) is 11.3 Å². The van der Waals surface area contributed by atoms with Crippen LogP contribution in [0.2, 0.25) is 0 Å². The molecule has 0 unspecified atom stereocenters. The molecule has 9 nitrogen and oxygen atoms in total. The number of anilines is 1. The molecule has 4 aromatic rings. The molecule has 4 rings (SSSR count). The van der Waals surface area contributed by atoms with E-state index in [9.17, 15) is 14.4 Å². The third-order valence-corrected chi connectivity index (χ3v) is 5.63. The fraction of sp³-hybridized carbons (Fsp3) is 0.103. The highest BCUT2D eigenvalue weighted by molar-refractivity contribution is 6.39. The van der Waals surface area contributed by atoms with Gasteiger partial charge in [0.25, 0.3) is 0 Å². The molecular weight excluding hydrogens is 486 g/mol. The van der Waals surface area contributed by atoms with Gasteiger partial charge >= 0.3 is 17.8 Å². The summed E-state index contributed by atoms with van der Waals surface area (Å²) >= 11 is 0. The normalized spacial score (nSPS) is 10.7. The Labute approximate surface area is 219 Å². The van der Waals surface area contributed by atoms with E-state index in [2.05, 4.69) is 15.8 Å². The zero-order valence-corrected chi connectivity index (χ0v) is 21.0. The summed E-state index contributed by atoms with van der Waals surface area (Å²) in [6.45, 7) is 1.92. The maximum absolute atomic E-state index is 13.0. The van der Waals surface area contributed by atoms with Crippen LogP contribution in [0, 0.1) is 6.92 Å². The zero-order chi connectivity index (χ0) is 27.1.